The Kier molecular flexibility index (Phi) is 8.03. The van der Waals surface area contributed by atoms with Crippen LogP contribution >= 0.6 is 11.6 Å². The Bertz CT molecular complexity index is 1390. The third kappa shape index (κ3) is 6.58. The van der Waals surface area contributed by atoms with E-state index in [4.69, 9.17) is 35.6 Å². The maximum atomic E-state index is 11.2. The highest BCUT2D eigenvalue weighted by Crippen LogP contribution is 2.27. The van der Waals surface area contributed by atoms with Gasteiger partial charge < -0.3 is 19.0 Å². The fraction of sp³-hybridized carbons (Fsp3) is 0.276. The van der Waals surface area contributed by atoms with E-state index in [1.165, 1.54) is 0 Å². The number of carboxylic acids is 1. The standard InChI is InChI=1S/C29H28ClN3O5/c1-19-28(32-27(38-19)14-20-3-2-4-23(30)13-20)22-6-9-25(10-7-22)37-18-24-8-5-21(15-31-24)16-33-11-12-36-26(17-33)29(34)35/h2-10,13,15,26H,11-12,14,16-18H2,1H3,(H,34,35)/t26-/m1/s1. The molecule has 0 spiro atoms. The van der Waals surface area contributed by atoms with Gasteiger partial charge in [-0.05, 0) is 60.5 Å². The molecule has 0 aliphatic carbocycles. The normalized spacial score (nSPS) is 15.9. The van der Waals surface area contributed by atoms with E-state index in [1.54, 1.807) is 6.20 Å². The molecule has 1 aliphatic heterocycles. The van der Waals surface area contributed by atoms with Gasteiger partial charge in [-0.1, -0.05) is 29.8 Å². The lowest BCUT2D eigenvalue weighted by Gasteiger charge is -2.30. The molecule has 0 bridgehead atoms. The summed E-state index contributed by atoms with van der Waals surface area (Å²) in [6.45, 7) is 4.35. The third-order valence-electron chi connectivity index (χ3n) is 6.32. The quantitative estimate of drug-likeness (QED) is 0.315. The van der Waals surface area contributed by atoms with Crippen LogP contribution in [-0.4, -0.2) is 51.7 Å². The van der Waals surface area contributed by atoms with Crippen LogP contribution in [0.4, 0.5) is 0 Å². The summed E-state index contributed by atoms with van der Waals surface area (Å²) in [6.07, 6.45) is 1.60. The van der Waals surface area contributed by atoms with E-state index in [-0.39, 0.29) is 0 Å². The molecule has 1 fully saturated rings. The van der Waals surface area contributed by atoms with Gasteiger partial charge in [-0.15, -0.1) is 0 Å². The number of carboxylic acid groups (broad SMARTS) is 1. The zero-order valence-corrected chi connectivity index (χ0v) is 21.7. The van der Waals surface area contributed by atoms with Crippen molar-refractivity contribution in [2.24, 2.45) is 0 Å². The first-order valence-electron chi connectivity index (χ1n) is 12.4. The number of morpholine rings is 1. The molecule has 4 aromatic rings. The highest BCUT2D eigenvalue weighted by molar-refractivity contribution is 6.30. The van der Waals surface area contributed by atoms with Crippen LogP contribution in [-0.2, 0) is 29.1 Å². The number of carbonyl (C=O) groups is 1. The number of aromatic nitrogens is 2. The van der Waals surface area contributed by atoms with Crippen molar-refractivity contribution in [2.75, 3.05) is 19.7 Å². The van der Waals surface area contributed by atoms with E-state index in [0.29, 0.717) is 50.2 Å². The van der Waals surface area contributed by atoms with E-state index in [1.807, 2.05) is 67.6 Å². The van der Waals surface area contributed by atoms with E-state index >= 15 is 0 Å². The topological polar surface area (TPSA) is 97.9 Å². The molecule has 2 aromatic heterocycles. The Balaban J connectivity index is 1.15. The van der Waals surface area contributed by atoms with Gasteiger partial charge in [0.2, 0.25) is 0 Å². The molecule has 8 nitrogen and oxygen atoms in total. The van der Waals surface area contributed by atoms with Crippen LogP contribution in [0.1, 0.15) is 28.5 Å². The minimum absolute atomic E-state index is 0.338. The van der Waals surface area contributed by atoms with Crippen molar-refractivity contribution in [2.45, 2.75) is 32.6 Å². The van der Waals surface area contributed by atoms with E-state index in [0.717, 1.165) is 39.6 Å². The van der Waals surface area contributed by atoms with Gasteiger partial charge in [0.25, 0.3) is 0 Å². The fourth-order valence-corrected chi connectivity index (χ4v) is 4.58. The molecule has 0 unspecified atom stereocenters. The van der Waals surface area contributed by atoms with E-state index < -0.39 is 12.1 Å². The molecule has 1 aliphatic rings. The number of halogens is 1. The summed E-state index contributed by atoms with van der Waals surface area (Å²) < 4.78 is 17.1. The Hall–Kier alpha value is -3.72. The lowest BCUT2D eigenvalue weighted by atomic mass is 10.1. The minimum atomic E-state index is -0.928. The second-order valence-electron chi connectivity index (χ2n) is 9.22. The number of ether oxygens (including phenoxy) is 2. The molecule has 1 atom stereocenters. The van der Waals surface area contributed by atoms with Crippen LogP contribution in [0.15, 0.2) is 71.3 Å². The molecule has 3 heterocycles. The van der Waals surface area contributed by atoms with Crippen molar-refractivity contribution in [3.63, 3.8) is 0 Å². The van der Waals surface area contributed by atoms with E-state index in [9.17, 15) is 4.79 Å². The van der Waals surface area contributed by atoms with Gasteiger partial charge in [-0.2, -0.15) is 0 Å². The van der Waals surface area contributed by atoms with Crippen LogP contribution in [0.25, 0.3) is 11.3 Å². The molecule has 9 heteroatoms. The largest absolute Gasteiger partial charge is 0.487 e. The van der Waals surface area contributed by atoms with Crippen molar-refractivity contribution in [1.82, 2.24) is 14.9 Å². The summed E-state index contributed by atoms with van der Waals surface area (Å²) in [6, 6.07) is 19.3. The van der Waals surface area contributed by atoms with Crippen molar-refractivity contribution in [3.05, 3.63) is 100 Å². The number of aliphatic carboxylic acids is 1. The Labute approximate surface area is 225 Å². The summed E-state index contributed by atoms with van der Waals surface area (Å²) >= 11 is 6.09. The van der Waals surface area contributed by atoms with Crippen molar-refractivity contribution in [1.29, 1.82) is 0 Å². The molecule has 1 N–H and O–H groups in total. The highest BCUT2D eigenvalue weighted by Gasteiger charge is 2.26. The monoisotopic (exact) mass is 533 g/mol. The number of hydrogen-bond donors (Lipinski definition) is 1. The zero-order valence-electron chi connectivity index (χ0n) is 21.0. The van der Waals surface area contributed by atoms with Crippen LogP contribution in [0.5, 0.6) is 5.75 Å². The van der Waals surface area contributed by atoms with Gasteiger partial charge >= 0.3 is 5.97 Å². The molecule has 5 rings (SSSR count). The number of pyridine rings is 1. The van der Waals surface area contributed by atoms with Gasteiger partial charge in [0.15, 0.2) is 12.0 Å². The van der Waals surface area contributed by atoms with Gasteiger partial charge in [0.1, 0.15) is 23.8 Å². The van der Waals surface area contributed by atoms with Gasteiger partial charge in [0.05, 0.1) is 12.3 Å². The van der Waals surface area contributed by atoms with Gasteiger partial charge in [0, 0.05) is 42.8 Å². The van der Waals surface area contributed by atoms with Crippen LogP contribution in [0.2, 0.25) is 5.02 Å². The van der Waals surface area contributed by atoms with Gasteiger partial charge in [-0.3, -0.25) is 9.88 Å². The van der Waals surface area contributed by atoms with Crippen molar-refractivity contribution < 1.29 is 23.8 Å². The molecule has 2 aromatic carbocycles. The number of nitrogens with zero attached hydrogens (tertiary/aromatic N) is 3. The summed E-state index contributed by atoms with van der Waals surface area (Å²) in [5.74, 6) is 1.21. The zero-order chi connectivity index (χ0) is 26.5. The predicted octanol–water partition coefficient (Wildman–Crippen LogP) is 5.15. The van der Waals surface area contributed by atoms with Crippen LogP contribution < -0.4 is 4.74 Å². The number of aryl methyl sites for hydroxylation is 1. The molecule has 1 saturated heterocycles. The molecule has 0 amide bonds. The SMILES string of the molecule is Cc1oc(Cc2cccc(Cl)c2)nc1-c1ccc(OCc2ccc(CN3CCO[C@@H](C(=O)O)C3)cn2)cc1. The first-order chi connectivity index (χ1) is 18.4. The first kappa shape index (κ1) is 25.9. The first-order valence-corrected chi connectivity index (χ1v) is 12.8. The average molecular weight is 534 g/mol. The predicted molar refractivity (Wildman–Crippen MR) is 142 cm³/mol. The van der Waals surface area contributed by atoms with Crippen molar-refractivity contribution >= 4 is 17.6 Å². The summed E-state index contributed by atoms with van der Waals surface area (Å²) in [7, 11) is 0. The average Bonchev–Trinajstić information content (AvgIpc) is 3.28. The number of benzene rings is 2. The molecule has 0 saturated carbocycles. The van der Waals surface area contributed by atoms with Crippen LogP contribution in [0, 0.1) is 6.92 Å². The molecule has 0 radical (unpaired) electrons. The number of hydrogen-bond acceptors (Lipinski definition) is 7. The highest BCUT2D eigenvalue weighted by atomic mass is 35.5. The summed E-state index contributed by atoms with van der Waals surface area (Å²) in [5, 5.41) is 9.86. The number of rotatable bonds is 9. The smallest absolute Gasteiger partial charge is 0.334 e. The Morgan fingerprint density at radius 3 is 2.74 bits per heavy atom. The molecule has 196 valence electrons. The van der Waals surface area contributed by atoms with Crippen molar-refractivity contribution in [3.8, 4) is 17.0 Å². The number of oxazole rings is 1. The maximum Gasteiger partial charge on any atom is 0.334 e. The lowest BCUT2D eigenvalue weighted by molar-refractivity contribution is -0.156. The molecule has 38 heavy (non-hydrogen) atoms. The summed E-state index contributed by atoms with van der Waals surface area (Å²) in [4.78, 5) is 22.4. The Morgan fingerprint density at radius 2 is 2.00 bits per heavy atom. The fourth-order valence-electron chi connectivity index (χ4n) is 4.37. The molecular weight excluding hydrogens is 506 g/mol. The second-order valence-corrected chi connectivity index (χ2v) is 9.66. The van der Waals surface area contributed by atoms with E-state index in [2.05, 4.69) is 9.88 Å². The maximum absolute atomic E-state index is 11.2. The second kappa shape index (κ2) is 11.8. The lowest BCUT2D eigenvalue weighted by Crippen LogP contribution is -2.45. The third-order valence-corrected chi connectivity index (χ3v) is 6.55. The van der Waals surface area contributed by atoms with Gasteiger partial charge in [-0.25, -0.2) is 9.78 Å². The Morgan fingerprint density at radius 1 is 1.16 bits per heavy atom. The van der Waals surface area contributed by atoms with Crippen LogP contribution in [0.3, 0.4) is 0 Å². The minimum Gasteiger partial charge on any atom is -0.487 e. The summed E-state index contributed by atoms with van der Waals surface area (Å²) in [5.41, 5.74) is 4.62. The molecular formula is C29H28ClN3O5.